The number of aromatic nitrogens is 4. The number of rotatable bonds is 4. The molecule has 2 aromatic heterocycles. The number of hydrogen-bond donors (Lipinski definition) is 1. The van der Waals surface area contributed by atoms with E-state index in [4.69, 9.17) is 4.74 Å². The first-order valence-corrected chi connectivity index (χ1v) is 9.43. The summed E-state index contributed by atoms with van der Waals surface area (Å²) >= 11 is 0. The Hall–Kier alpha value is -2.67. The summed E-state index contributed by atoms with van der Waals surface area (Å²) in [5.74, 6) is 0.732. The second kappa shape index (κ2) is 6.81. The van der Waals surface area contributed by atoms with Gasteiger partial charge in [0.15, 0.2) is 0 Å². The predicted octanol–water partition coefficient (Wildman–Crippen LogP) is 2.74. The summed E-state index contributed by atoms with van der Waals surface area (Å²) in [6.07, 6.45) is 0.678. The summed E-state index contributed by atoms with van der Waals surface area (Å²) < 4.78 is 9.63. The van der Waals surface area contributed by atoms with Gasteiger partial charge in [-0.2, -0.15) is 5.10 Å². The minimum absolute atomic E-state index is 0.0764. The second-order valence-corrected chi connectivity index (χ2v) is 7.07. The summed E-state index contributed by atoms with van der Waals surface area (Å²) in [4.78, 5) is 17.6. The molecular weight excluding hydrogens is 342 g/mol. The van der Waals surface area contributed by atoms with E-state index >= 15 is 0 Å². The van der Waals surface area contributed by atoms with Gasteiger partial charge in [0.05, 0.1) is 35.5 Å². The van der Waals surface area contributed by atoms with Crippen LogP contribution in [0.15, 0.2) is 24.3 Å². The molecule has 1 N–H and O–H groups in total. The molecule has 0 radical (unpaired) electrons. The van der Waals surface area contributed by atoms with Gasteiger partial charge in [0, 0.05) is 25.6 Å². The van der Waals surface area contributed by atoms with Gasteiger partial charge < -0.3 is 14.6 Å². The van der Waals surface area contributed by atoms with Crippen molar-refractivity contribution < 1.29 is 9.53 Å². The molecule has 0 aliphatic carbocycles. The molecule has 0 spiro atoms. The van der Waals surface area contributed by atoms with E-state index in [1.54, 1.807) is 4.68 Å². The molecule has 2 atom stereocenters. The lowest BCUT2D eigenvalue weighted by Gasteiger charge is -2.24. The van der Waals surface area contributed by atoms with E-state index in [0.717, 1.165) is 34.7 Å². The van der Waals surface area contributed by atoms with Crippen LogP contribution in [0.1, 0.15) is 54.4 Å². The van der Waals surface area contributed by atoms with Crippen LogP contribution in [0, 0.1) is 0 Å². The van der Waals surface area contributed by atoms with Crippen LogP contribution in [0.4, 0.5) is 0 Å². The Labute approximate surface area is 158 Å². The number of fused-ring (bicyclic) bond motifs is 2. The van der Waals surface area contributed by atoms with Crippen LogP contribution in [0.25, 0.3) is 11.0 Å². The smallest absolute Gasteiger partial charge is 0.270 e. The highest BCUT2D eigenvalue weighted by molar-refractivity contribution is 5.94. The monoisotopic (exact) mass is 367 g/mol. The van der Waals surface area contributed by atoms with Crippen molar-refractivity contribution in [2.45, 2.75) is 52.5 Å². The van der Waals surface area contributed by atoms with Crippen LogP contribution in [-0.2, 0) is 31.3 Å². The molecule has 4 rings (SSSR count). The molecule has 0 bridgehead atoms. The van der Waals surface area contributed by atoms with E-state index in [2.05, 4.69) is 33.0 Å². The van der Waals surface area contributed by atoms with Crippen LogP contribution in [0.2, 0.25) is 0 Å². The Morgan fingerprint density at radius 3 is 2.89 bits per heavy atom. The Morgan fingerprint density at radius 1 is 1.33 bits per heavy atom. The molecule has 27 heavy (non-hydrogen) atoms. The van der Waals surface area contributed by atoms with E-state index in [1.807, 2.05) is 39.1 Å². The van der Waals surface area contributed by atoms with Crippen molar-refractivity contribution in [3.05, 3.63) is 47.0 Å². The summed E-state index contributed by atoms with van der Waals surface area (Å²) in [6, 6.07) is 8.03. The van der Waals surface area contributed by atoms with Crippen molar-refractivity contribution in [3.63, 3.8) is 0 Å². The van der Waals surface area contributed by atoms with E-state index in [1.165, 1.54) is 0 Å². The minimum Gasteiger partial charge on any atom is -0.369 e. The largest absolute Gasteiger partial charge is 0.369 e. The fraction of sp³-hybridized carbons (Fsp3) is 0.450. The normalized spacial score (nSPS) is 19.3. The number of benzene rings is 1. The number of ether oxygens (including phenoxy) is 1. The molecule has 3 heterocycles. The van der Waals surface area contributed by atoms with Crippen molar-refractivity contribution in [3.8, 4) is 0 Å². The molecule has 0 fully saturated rings. The van der Waals surface area contributed by atoms with Crippen LogP contribution in [0.3, 0.4) is 0 Å². The molecule has 7 heteroatoms. The third-order valence-electron chi connectivity index (χ3n) is 5.16. The lowest BCUT2D eigenvalue weighted by atomic mass is 9.99. The molecule has 142 valence electrons. The molecule has 0 unspecified atom stereocenters. The fourth-order valence-electron chi connectivity index (χ4n) is 4.01. The van der Waals surface area contributed by atoms with Crippen molar-refractivity contribution in [2.24, 2.45) is 7.05 Å². The summed E-state index contributed by atoms with van der Waals surface area (Å²) in [7, 11) is 1.81. The summed E-state index contributed by atoms with van der Waals surface area (Å²) in [6.45, 7) is 7.27. The van der Waals surface area contributed by atoms with E-state index < -0.39 is 0 Å². The predicted molar refractivity (Wildman–Crippen MR) is 102 cm³/mol. The number of amides is 1. The highest BCUT2D eigenvalue weighted by Crippen LogP contribution is 2.31. The van der Waals surface area contributed by atoms with Crippen molar-refractivity contribution >= 4 is 16.9 Å². The van der Waals surface area contributed by atoms with Gasteiger partial charge in [-0.3, -0.25) is 9.48 Å². The first-order valence-electron chi connectivity index (χ1n) is 9.43. The SMILES string of the molecule is CCn1c(CNC(=O)c2c3c(nn2C)[C@H](C)O[C@H](C)C3)nc2ccccc21. The third-order valence-corrected chi connectivity index (χ3v) is 5.16. The third kappa shape index (κ3) is 3.02. The van der Waals surface area contributed by atoms with Gasteiger partial charge in [0.1, 0.15) is 11.5 Å². The Morgan fingerprint density at radius 2 is 2.11 bits per heavy atom. The zero-order chi connectivity index (χ0) is 19.1. The van der Waals surface area contributed by atoms with E-state index in [9.17, 15) is 4.79 Å². The molecule has 0 saturated heterocycles. The Balaban J connectivity index is 1.59. The first-order chi connectivity index (χ1) is 13.0. The molecular formula is C20H25N5O2. The minimum atomic E-state index is -0.123. The second-order valence-electron chi connectivity index (χ2n) is 7.07. The average molecular weight is 367 g/mol. The van der Waals surface area contributed by atoms with Gasteiger partial charge in [-0.15, -0.1) is 0 Å². The molecule has 1 amide bonds. The number of carbonyl (C=O) groups excluding carboxylic acids is 1. The van der Waals surface area contributed by atoms with Crippen LogP contribution in [-0.4, -0.2) is 31.3 Å². The standard InChI is InChI=1S/C20H25N5O2/c1-5-25-16-9-7-6-8-15(16)22-17(25)11-21-20(26)19-14-10-12(2)27-13(3)18(14)23-24(19)4/h6-9,12-13H,5,10-11H2,1-4H3,(H,21,26)/t12-,13+/m1/s1. The van der Waals surface area contributed by atoms with E-state index in [-0.39, 0.29) is 18.1 Å². The first kappa shape index (κ1) is 17.7. The molecule has 1 aliphatic rings. The zero-order valence-electron chi connectivity index (χ0n) is 16.2. The maximum atomic E-state index is 13.0. The summed E-state index contributed by atoms with van der Waals surface area (Å²) in [5.41, 5.74) is 4.50. The number of imidazole rings is 1. The maximum absolute atomic E-state index is 13.0. The number of aryl methyl sites for hydroxylation is 2. The number of nitrogens with zero attached hydrogens (tertiary/aromatic N) is 4. The van der Waals surface area contributed by atoms with Gasteiger partial charge in [-0.25, -0.2) is 4.98 Å². The fourth-order valence-corrected chi connectivity index (χ4v) is 4.01. The van der Waals surface area contributed by atoms with Crippen LogP contribution >= 0.6 is 0 Å². The lowest BCUT2D eigenvalue weighted by Crippen LogP contribution is -2.29. The van der Waals surface area contributed by atoms with Gasteiger partial charge >= 0.3 is 0 Å². The molecule has 3 aromatic rings. The number of hydrogen-bond acceptors (Lipinski definition) is 4. The molecule has 1 aromatic carbocycles. The molecule has 1 aliphatic heterocycles. The van der Waals surface area contributed by atoms with Crippen molar-refractivity contribution in [1.82, 2.24) is 24.6 Å². The number of nitrogens with one attached hydrogen (secondary N) is 1. The molecule has 7 nitrogen and oxygen atoms in total. The zero-order valence-corrected chi connectivity index (χ0v) is 16.2. The van der Waals surface area contributed by atoms with Crippen molar-refractivity contribution in [1.29, 1.82) is 0 Å². The summed E-state index contributed by atoms with van der Waals surface area (Å²) in [5, 5.41) is 7.55. The van der Waals surface area contributed by atoms with Gasteiger partial charge in [-0.1, -0.05) is 12.1 Å². The van der Waals surface area contributed by atoms with Gasteiger partial charge in [-0.05, 0) is 32.9 Å². The Kier molecular flexibility index (Phi) is 4.47. The number of para-hydroxylation sites is 2. The Bertz CT molecular complexity index is 1000. The van der Waals surface area contributed by atoms with Gasteiger partial charge in [0.2, 0.25) is 0 Å². The average Bonchev–Trinajstić information content (AvgIpc) is 3.16. The highest BCUT2D eigenvalue weighted by Gasteiger charge is 2.31. The van der Waals surface area contributed by atoms with Crippen LogP contribution in [0.5, 0.6) is 0 Å². The van der Waals surface area contributed by atoms with Gasteiger partial charge in [0.25, 0.3) is 5.91 Å². The van der Waals surface area contributed by atoms with E-state index in [0.29, 0.717) is 18.7 Å². The topological polar surface area (TPSA) is 74.0 Å². The van der Waals surface area contributed by atoms with Crippen LogP contribution < -0.4 is 5.32 Å². The van der Waals surface area contributed by atoms with Crippen molar-refractivity contribution in [2.75, 3.05) is 0 Å². The highest BCUT2D eigenvalue weighted by atomic mass is 16.5. The molecule has 0 saturated carbocycles. The lowest BCUT2D eigenvalue weighted by molar-refractivity contribution is -0.00710. The quantitative estimate of drug-likeness (QED) is 0.769. The maximum Gasteiger partial charge on any atom is 0.270 e. The number of carbonyl (C=O) groups is 1.